The summed E-state index contributed by atoms with van der Waals surface area (Å²) in [5.41, 5.74) is 0.393. The molecule has 2 aromatic carbocycles. The minimum absolute atomic E-state index is 0.0128. The van der Waals surface area contributed by atoms with Gasteiger partial charge in [-0.3, -0.25) is 19.2 Å². The van der Waals surface area contributed by atoms with Crippen molar-refractivity contribution < 1.29 is 19.2 Å². The molecule has 0 radical (unpaired) electrons. The minimum Gasteiger partial charge on any atom is -0.292 e. The Morgan fingerprint density at radius 3 is 2.00 bits per heavy atom. The summed E-state index contributed by atoms with van der Waals surface area (Å²) in [6, 6.07) is 12.5. The average molecular weight is 617 g/mol. The maximum Gasteiger partial charge on any atom is 0.274 e. The first-order valence-electron chi connectivity index (χ1n) is 10.2. The Bertz CT molecular complexity index is 1100. The van der Waals surface area contributed by atoms with E-state index in [1.807, 2.05) is 0 Å². The highest BCUT2D eigenvalue weighted by molar-refractivity contribution is 9.12. The lowest BCUT2D eigenvalue weighted by atomic mass is 9.81. The number of amides is 3. The van der Waals surface area contributed by atoms with E-state index in [9.17, 15) is 19.2 Å². The largest absolute Gasteiger partial charge is 0.292 e. The average Bonchev–Trinajstić information content (AvgIpc) is 3.02. The predicted octanol–water partition coefficient (Wildman–Crippen LogP) is 5.16. The lowest BCUT2D eigenvalue weighted by Gasteiger charge is -2.30. The van der Waals surface area contributed by atoms with E-state index in [0.717, 1.165) is 10.0 Å². The van der Waals surface area contributed by atoms with Crippen LogP contribution >= 0.6 is 55.1 Å². The lowest BCUT2D eigenvalue weighted by molar-refractivity contribution is -0.154. The monoisotopic (exact) mass is 614 g/mol. The molecule has 1 aliphatic heterocycles. The van der Waals surface area contributed by atoms with Crippen molar-refractivity contribution >= 4 is 78.6 Å². The highest BCUT2D eigenvalue weighted by Gasteiger charge is 2.54. The highest BCUT2D eigenvalue weighted by Crippen LogP contribution is 2.43. The third-order valence-electron chi connectivity index (χ3n) is 5.93. The molecule has 1 saturated carbocycles. The van der Waals surface area contributed by atoms with Crippen molar-refractivity contribution in [2.24, 2.45) is 11.8 Å². The van der Waals surface area contributed by atoms with E-state index < -0.39 is 41.9 Å². The number of alkyl halides is 2. The number of Topliss-reactive ketones (excluding diaryl/α,β-unsaturated/α-hetero) is 1. The van der Waals surface area contributed by atoms with Gasteiger partial charge in [0.15, 0.2) is 5.78 Å². The summed E-state index contributed by atoms with van der Waals surface area (Å²) in [6.45, 7) is -0.502. The molecule has 2 aliphatic rings. The van der Waals surface area contributed by atoms with E-state index in [4.69, 9.17) is 23.2 Å². The fourth-order valence-corrected chi connectivity index (χ4v) is 5.77. The molecular weight excluding hydrogens is 599 g/mol. The number of ketones is 1. The van der Waals surface area contributed by atoms with Crippen LogP contribution in [-0.4, -0.2) is 49.7 Å². The number of halogens is 4. The van der Waals surface area contributed by atoms with Crippen LogP contribution in [0.4, 0.5) is 0 Å². The van der Waals surface area contributed by atoms with Crippen molar-refractivity contribution in [1.82, 2.24) is 10.0 Å². The summed E-state index contributed by atoms with van der Waals surface area (Å²) >= 11 is 19.2. The van der Waals surface area contributed by atoms with E-state index >= 15 is 0 Å². The number of carbonyl (C=O) groups excluding carboxylic acids is 4. The van der Waals surface area contributed by atoms with Gasteiger partial charge >= 0.3 is 0 Å². The molecule has 2 fully saturated rings. The maximum absolute atomic E-state index is 13.5. The molecule has 172 valence electrons. The molecule has 2 aromatic rings. The molecule has 1 heterocycles. The van der Waals surface area contributed by atoms with Gasteiger partial charge in [0, 0.05) is 20.2 Å². The molecule has 4 atom stereocenters. The molecular formula is C23H18Br2Cl2N2O4. The second-order valence-corrected chi connectivity index (χ2v) is 11.2. The van der Waals surface area contributed by atoms with Crippen LogP contribution < -0.4 is 0 Å². The lowest BCUT2D eigenvalue weighted by Crippen LogP contribution is -2.52. The molecule has 6 nitrogen and oxygen atoms in total. The van der Waals surface area contributed by atoms with Crippen LogP contribution in [0.1, 0.15) is 33.6 Å². The molecule has 1 saturated heterocycles. The van der Waals surface area contributed by atoms with Crippen LogP contribution in [0.2, 0.25) is 10.0 Å². The quantitative estimate of drug-likeness (QED) is 0.264. The Morgan fingerprint density at radius 1 is 0.909 bits per heavy atom. The Balaban J connectivity index is 1.71. The van der Waals surface area contributed by atoms with Gasteiger partial charge in [-0.2, -0.15) is 5.01 Å². The normalized spacial score (nSPS) is 24.5. The van der Waals surface area contributed by atoms with Crippen LogP contribution in [0, 0.1) is 11.8 Å². The smallest absolute Gasteiger partial charge is 0.274 e. The number of imide groups is 1. The van der Waals surface area contributed by atoms with E-state index in [1.165, 1.54) is 24.3 Å². The number of hydrogen-bond acceptors (Lipinski definition) is 4. The molecule has 1 aliphatic carbocycles. The summed E-state index contributed by atoms with van der Waals surface area (Å²) in [6.07, 6.45) is 0.891. The van der Waals surface area contributed by atoms with Gasteiger partial charge in [-0.1, -0.05) is 67.2 Å². The van der Waals surface area contributed by atoms with Crippen LogP contribution in [-0.2, 0) is 9.59 Å². The van der Waals surface area contributed by atoms with Crippen molar-refractivity contribution in [3.05, 3.63) is 69.7 Å². The first kappa shape index (κ1) is 24.4. The number of rotatable bonds is 5. The number of nitrogens with zero attached hydrogens (tertiary/aromatic N) is 2. The van der Waals surface area contributed by atoms with Crippen molar-refractivity contribution in [3.8, 4) is 0 Å². The van der Waals surface area contributed by atoms with Gasteiger partial charge in [-0.15, -0.1) is 0 Å². The highest BCUT2D eigenvalue weighted by atomic mass is 79.9. The number of fused-ring (bicyclic) bond motifs is 1. The third kappa shape index (κ3) is 4.76. The summed E-state index contributed by atoms with van der Waals surface area (Å²) in [4.78, 5) is 53.3. The molecule has 0 unspecified atom stereocenters. The SMILES string of the molecule is O=C(CN(C(=O)c1ccccc1Cl)N1C(=O)[C@H]2C[C@H](Br)[C@@H](Br)C[C@H]2C1=O)c1ccc(Cl)cc1. The topological polar surface area (TPSA) is 74.8 Å². The molecule has 0 aromatic heterocycles. The Labute approximate surface area is 217 Å². The van der Waals surface area contributed by atoms with E-state index in [1.54, 1.807) is 24.3 Å². The summed E-state index contributed by atoms with van der Waals surface area (Å²) < 4.78 is 0. The first-order chi connectivity index (χ1) is 15.7. The fourth-order valence-electron chi connectivity index (χ4n) is 4.19. The van der Waals surface area contributed by atoms with Crippen molar-refractivity contribution in [3.63, 3.8) is 0 Å². The number of hydrogen-bond donors (Lipinski definition) is 0. The van der Waals surface area contributed by atoms with Gasteiger partial charge in [0.25, 0.3) is 17.7 Å². The van der Waals surface area contributed by atoms with Gasteiger partial charge in [0.2, 0.25) is 0 Å². The zero-order valence-electron chi connectivity index (χ0n) is 17.1. The maximum atomic E-state index is 13.5. The third-order valence-corrected chi connectivity index (χ3v) is 9.24. The molecule has 4 rings (SSSR count). The minimum atomic E-state index is -0.700. The number of carbonyl (C=O) groups is 4. The molecule has 33 heavy (non-hydrogen) atoms. The van der Waals surface area contributed by atoms with E-state index in [2.05, 4.69) is 31.9 Å². The number of hydrazine groups is 1. The summed E-state index contributed by atoms with van der Waals surface area (Å²) in [7, 11) is 0. The molecule has 0 N–H and O–H groups in total. The van der Waals surface area contributed by atoms with Crippen molar-refractivity contribution in [2.45, 2.75) is 22.5 Å². The van der Waals surface area contributed by atoms with E-state index in [-0.39, 0.29) is 20.2 Å². The van der Waals surface area contributed by atoms with Gasteiger partial charge in [0.05, 0.1) is 22.4 Å². The van der Waals surface area contributed by atoms with E-state index in [0.29, 0.717) is 23.4 Å². The van der Waals surface area contributed by atoms with Crippen LogP contribution in [0.25, 0.3) is 0 Å². The standard InChI is InChI=1S/C23H18Br2Cl2N2O4/c24-17-9-15-16(10-18(17)25)23(33)29(22(15)32)28(21(31)14-3-1-2-4-19(14)27)11-20(30)12-5-7-13(26)8-6-12/h1-8,15-18H,9-11H2/t15-,16+,17-,18-/m0/s1. The second kappa shape index (κ2) is 9.86. The van der Waals surface area contributed by atoms with Gasteiger partial charge < -0.3 is 0 Å². The fraction of sp³-hybridized carbons (Fsp3) is 0.304. The number of benzene rings is 2. The summed E-state index contributed by atoms with van der Waals surface area (Å²) in [5, 5.41) is 2.38. The molecule has 0 spiro atoms. The Kier molecular flexibility index (Phi) is 7.29. The summed E-state index contributed by atoms with van der Waals surface area (Å²) in [5.74, 6) is -3.25. The van der Waals surface area contributed by atoms with Gasteiger partial charge in [-0.25, -0.2) is 5.01 Å². The molecule has 0 bridgehead atoms. The zero-order chi connectivity index (χ0) is 23.9. The second-order valence-electron chi connectivity index (χ2n) is 7.98. The molecule has 10 heteroatoms. The van der Waals surface area contributed by atoms with Crippen LogP contribution in [0.3, 0.4) is 0 Å². The zero-order valence-corrected chi connectivity index (χ0v) is 21.8. The molecule has 3 amide bonds. The van der Waals surface area contributed by atoms with Crippen molar-refractivity contribution in [2.75, 3.05) is 6.54 Å². The first-order valence-corrected chi connectivity index (χ1v) is 12.8. The van der Waals surface area contributed by atoms with Gasteiger partial charge in [-0.05, 0) is 49.2 Å². The van der Waals surface area contributed by atoms with Gasteiger partial charge in [0.1, 0.15) is 6.54 Å². The van der Waals surface area contributed by atoms with Crippen LogP contribution in [0.15, 0.2) is 48.5 Å². The Morgan fingerprint density at radius 2 is 1.45 bits per heavy atom. The van der Waals surface area contributed by atoms with Crippen LogP contribution in [0.5, 0.6) is 0 Å². The predicted molar refractivity (Wildman–Crippen MR) is 132 cm³/mol. The van der Waals surface area contributed by atoms with Crippen molar-refractivity contribution in [1.29, 1.82) is 0 Å². The Hall–Kier alpha value is -1.74.